The molecule has 0 aliphatic carbocycles. The average Bonchev–Trinajstić information content (AvgIpc) is 2.93. The van der Waals surface area contributed by atoms with Gasteiger partial charge in [0.15, 0.2) is 5.82 Å². The molecule has 2 N–H and O–H groups in total. The van der Waals surface area contributed by atoms with Crippen molar-refractivity contribution in [1.82, 2.24) is 20.2 Å². The molecule has 7 nitrogen and oxygen atoms in total. The number of tetrazole rings is 1. The smallest absolute Gasteiger partial charge is 0.182 e. The lowest BCUT2D eigenvalue weighted by Crippen LogP contribution is -2.16. The minimum atomic E-state index is 0.0910. The second-order valence-corrected chi connectivity index (χ2v) is 4.42. The van der Waals surface area contributed by atoms with Crippen molar-refractivity contribution in [2.24, 2.45) is 0 Å². The van der Waals surface area contributed by atoms with Crippen molar-refractivity contribution in [2.75, 3.05) is 26.6 Å². The molecule has 2 rings (SSSR count). The zero-order chi connectivity index (χ0) is 14.5. The number of ether oxygens (including phenoxy) is 2. The zero-order valence-corrected chi connectivity index (χ0v) is 11.9. The molecule has 20 heavy (non-hydrogen) atoms. The Morgan fingerprint density at radius 2 is 2.15 bits per heavy atom. The first kappa shape index (κ1) is 14.3. The summed E-state index contributed by atoms with van der Waals surface area (Å²) in [6, 6.07) is 5.59. The van der Waals surface area contributed by atoms with Crippen molar-refractivity contribution in [3.8, 4) is 17.1 Å². The Morgan fingerprint density at radius 3 is 2.75 bits per heavy atom. The third-order valence-corrected chi connectivity index (χ3v) is 3.16. The summed E-state index contributed by atoms with van der Waals surface area (Å²) in [6.07, 6.45) is 0.873. The molecule has 108 valence electrons. The molecule has 1 aromatic heterocycles. The summed E-state index contributed by atoms with van der Waals surface area (Å²) < 4.78 is 12.1. The van der Waals surface area contributed by atoms with Gasteiger partial charge in [-0.25, -0.2) is 4.68 Å². The highest BCUT2D eigenvalue weighted by molar-refractivity contribution is 5.66. The lowest BCUT2D eigenvalue weighted by Gasteiger charge is -2.15. The maximum atomic E-state index is 5.93. The largest absolute Gasteiger partial charge is 0.495 e. The summed E-state index contributed by atoms with van der Waals surface area (Å²) in [5, 5.41) is 11.9. The summed E-state index contributed by atoms with van der Waals surface area (Å²) in [4.78, 5) is 0. The van der Waals surface area contributed by atoms with Crippen LogP contribution in [0.2, 0.25) is 0 Å². The molecule has 0 fully saturated rings. The standard InChI is InChI=1S/C13H19N5O2/c1-4-10(8-19-2)18-13(15-16-17-18)9-5-6-12(20-3)11(14)7-9/h5-7,10H,4,8,14H2,1-3H3. The van der Waals surface area contributed by atoms with E-state index in [0.29, 0.717) is 23.9 Å². The van der Waals surface area contributed by atoms with Crippen molar-refractivity contribution < 1.29 is 9.47 Å². The van der Waals surface area contributed by atoms with E-state index in [4.69, 9.17) is 15.2 Å². The Hall–Kier alpha value is -2.15. The van der Waals surface area contributed by atoms with E-state index in [1.165, 1.54) is 0 Å². The molecule has 0 aliphatic rings. The second kappa shape index (κ2) is 6.33. The minimum Gasteiger partial charge on any atom is -0.495 e. The molecular formula is C13H19N5O2. The highest BCUT2D eigenvalue weighted by Gasteiger charge is 2.17. The van der Waals surface area contributed by atoms with Gasteiger partial charge < -0.3 is 15.2 Å². The van der Waals surface area contributed by atoms with Crippen molar-refractivity contribution in [3.63, 3.8) is 0 Å². The average molecular weight is 277 g/mol. The number of hydrogen-bond donors (Lipinski definition) is 1. The van der Waals surface area contributed by atoms with Gasteiger partial charge in [0, 0.05) is 12.7 Å². The third kappa shape index (κ3) is 2.72. The number of nitrogen functional groups attached to an aromatic ring is 1. The van der Waals surface area contributed by atoms with Crippen LogP contribution in [0.3, 0.4) is 0 Å². The number of aromatic nitrogens is 4. The van der Waals surface area contributed by atoms with Gasteiger partial charge in [-0.3, -0.25) is 0 Å². The molecule has 1 aromatic carbocycles. The number of rotatable bonds is 6. The van der Waals surface area contributed by atoms with Gasteiger partial charge in [-0.2, -0.15) is 0 Å². The Morgan fingerprint density at radius 1 is 1.35 bits per heavy atom. The maximum Gasteiger partial charge on any atom is 0.182 e. The fourth-order valence-corrected chi connectivity index (χ4v) is 2.06. The fourth-order valence-electron chi connectivity index (χ4n) is 2.06. The van der Waals surface area contributed by atoms with Crippen LogP contribution < -0.4 is 10.5 Å². The van der Waals surface area contributed by atoms with Crippen LogP contribution in [-0.4, -0.2) is 41.0 Å². The third-order valence-electron chi connectivity index (χ3n) is 3.16. The van der Waals surface area contributed by atoms with E-state index >= 15 is 0 Å². The molecule has 1 atom stereocenters. The van der Waals surface area contributed by atoms with E-state index in [9.17, 15) is 0 Å². The summed E-state index contributed by atoms with van der Waals surface area (Å²) >= 11 is 0. The Kier molecular flexibility index (Phi) is 4.52. The van der Waals surface area contributed by atoms with Crippen LogP contribution in [0, 0.1) is 0 Å². The van der Waals surface area contributed by atoms with Crippen LogP contribution >= 0.6 is 0 Å². The molecule has 7 heteroatoms. The van der Waals surface area contributed by atoms with Gasteiger partial charge in [0.05, 0.1) is 25.4 Å². The first-order valence-corrected chi connectivity index (χ1v) is 6.42. The number of benzene rings is 1. The van der Waals surface area contributed by atoms with Gasteiger partial charge in [-0.05, 0) is 35.0 Å². The lowest BCUT2D eigenvalue weighted by atomic mass is 10.1. The van der Waals surface area contributed by atoms with Crippen molar-refractivity contribution >= 4 is 5.69 Å². The lowest BCUT2D eigenvalue weighted by molar-refractivity contribution is 0.147. The predicted molar refractivity (Wildman–Crippen MR) is 75.4 cm³/mol. The molecule has 0 bridgehead atoms. The van der Waals surface area contributed by atoms with Crippen LogP contribution in [0.25, 0.3) is 11.4 Å². The van der Waals surface area contributed by atoms with Gasteiger partial charge in [0.25, 0.3) is 0 Å². The Labute approximate surface area is 117 Å². The maximum absolute atomic E-state index is 5.93. The summed E-state index contributed by atoms with van der Waals surface area (Å²) in [5.74, 6) is 1.31. The van der Waals surface area contributed by atoms with Gasteiger partial charge in [0.1, 0.15) is 5.75 Å². The molecule has 0 radical (unpaired) electrons. The zero-order valence-electron chi connectivity index (χ0n) is 11.9. The first-order chi connectivity index (χ1) is 9.71. The normalized spacial score (nSPS) is 12.3. The van der Waals surface area contributed by atoms with E-state index in [0.717, 1.165) is 12.0 Å². The Balaban J connectivity index is 2.38. The van der Waals surface area contributed by atoms with Crippen LogP contribution in [0.15, 0.2) is 18.2 Å². The quantitative estimate of drug-likeness (QED) is 0.805. The minimum absolute atomic E-state index is 0.0910. The van der Waals surface area contributed by atoms with E-state index in [-0.39, 0.29) is 6.04 Å². The van der Waals surface area contributed by atoms with Crippen molar-refractivity contribution in [3.05, 3.63) is 18.2 Å². The van der Waals surface area contributed by atoms with Crippen LogP contribution in [0.1, 0.15) is 19.4 Å². The summed E-state index contributed by atoms with van der Waals surface area (Å²) in [6.45, 7) is 2.62. The van der Waals surface area contributed by atoms with Crippen molar-refractivity contribution in [2.45, 2.75) is 19.4 Å². The SMILES string of the molecule is CCC(COC)n1nnnc1-c1ccc(OC)c(N)c1. The van der Waals surface area contributed by atoms with E-state index in [1.807, 2.05) is 6.07 Å². The predicted octanol–water partition coefficient (Wildman–Crippen LogP) is 1.53. The molecular weight excluding hydrogens is 258 g/mol. The van der Waals surface area contributed by atoms with E-state index < -0.39 is 0 Å². The number of nitrogens with zero attached hydrogens (tertiary/aromatic N) is 4. The number of methoxy groups -OCH3 is 2. The molecule has 0 saturated carbocycles. The van der Waals surface area contributed by atoms with Crippen LogP contribution in [0.5, 0.6) is 5.75 Å². The monoisotopic (exact) mass is 277 g/mol. The molecule has 0 spiro atoms. The van der Waals surface area contributed by atoms with Gasteiger partial charge in [-0.1, -0.05) is 6.92 Å². The van der Waals surface area contributed by atoms with Crippen molar-refractivity contribution in [1.29, 1.82) is 0 Å². The van der Waals surface area contributed by atoms with Crippen LogP contribution in [-0.2, 0) is 4.74 Å². The number of nitrogens with two attached hydrogens (primary N) is 1. The molecule has 1 heterocycles. The Bertz CT molecular complexity index is 570. The van der Waals surface area contributed by atoms with E-state index in [2.05, 4.69) is 22.4 Å². The summed E-state index contributed by atoms with van der Waals surface area (Å²) in [7, 11) is 3.25. The molecule has 0 saturated heterocycles. The summed E-state index contributed by atoms with van der Waals surface area (Å²) in [5.41, 5.74) is 7.33. The number of hydrogen-bond acceptors (Lipinski definition) is 6. The van der Waals surface area contributed by atoms with Gasteiger partial charge >= 0.3 is 0 Å². The highest BCUT2D eigenvalue weighted by atomic mass is 16.5. The fraction of sp³-hybridized carbons (Fsp3) is 0.462. The first-order valence-electron chi connectivity index (χ1n) is 6.42. The second-order valence-electron chi connectivity index (χ2n) is 4.42. The number of anilines is 1. The molecule has 1 unspecified atom stereocenters. The van der Waals surface area contributed by atoms with E-state index in [1.54, 1.807) is 31.0 Å². The molecule has 2 aromatic rings. The topological polar surface area (TPSA) is 88.1 Å². The molecule has 0 aliphatic heterocycles. The van der Waals surface area contributed by atoms with Gasteiger partial charge in [-0.15, -0.1) is 5.10 Å². The molecule has 0 amide bonds. The highest BCUT2D eigenvalue weighted by Crippen LogP contribution is 2.28. The van der Waals surface area contributed by atoms with Gasteiger partial charge in [0.2, 0.25) is 0 Å². The van der Waals surface area contributed by atoms with Crippen LogP contribution in [0.4, 0.5) is 5.69 Å².